The van der Waals surface area contributed by atoms with Gasteiger partial charge in [-0.15, -0.1) is 0 Å². The van der Waals surface area contributed by atoms with Crippen LogP contribution in [-0.2, 0) is 4.74 Å². The zero-order valence-electron chi connectivity index (χ0n) is 13.6. The summed E-state index contributed by atoms with van der Waals surface area (Å²) in [4.78, 5) is 5.21. The smallest absolute Gasteiger partial charge is 0.0480 e. The van der Waals surface area contributed by atoms with Gasteiger partial charge in [-0.05, 0) is 51.7 Å². The van der Waals surface area contributed by atoms with Gasteiger partial charge >= 0.3 is 0 Å². The lowest BCUT2D eigenvalue weighted by Gasteiger charge is -2.50. The minimum atomic E-state index is 0.218. The van der Waals surface area contributed by atoms with Crippen LogP contribution in [0.2, 0.25) is 0 Å². The Hall–Kier alpha value is -0.160. The average Bonchev–Trinajstić information content (AvgIpc) is 2.48. The van der Waals surface area contributed by atoms with Crippen molar-refractivity contribution < 1.29 is 4.74 Å². The van der Waals surface area contributed by atoms with Gasteiger partial charge < -0.3 is 15.4 Å². The van der Waals surface area contributed by atoms with E-state index in [-0.39, 0.29) is 5.54 Å². The fourth-order valence-corrected chi connectivity index (χ4v) is 3.83. The molecular weight excluding hydrogens is 250 g/mol. The van der Waals surface area contributed by atoms with Gasteiger partial charge in [-0.3, -0.25) is 4.90 Å². The van der Waals surface area contributed by atoms with Crippen molar-refractivity contribution in [2.24, 2.45) is 11.7 Å². The Morgan fingerprint density at radius 2 is 1.85 bits per heavy atom. The molecule has 2 aliphatic heterocycles. The SMILES string of the molecule is CC(C)CN1CCC(CN)(N(C)C2CCOCC2)CC1. The highest BCUT2D eigenvalue weighted by Crippen LogP contribution is 2.31. The number of hydrogen-bond acceptors (Lipinski definition) is 4. The minimum Gasteiger partial charge on any atom is -0.381 e. The highest BCUT2D eigenvalue weighted by Gasteiger charge is 2.40. The van der Waals surface area contributed by atoms with E-state index in [2.05, 4.69) is 30.7 Å². The molecule has 2 N–H and O–H groups in total. The normalized spacial score (nSPS) is 25.5. The van der Waals surface area contributed by atoms with Gasteiger partial charge in [-0.25, -0.2) is 0 Å². The van der Waals surface area contributed by atoms with Crippen LogP contribution >= 0.6 is 0 Å². The molecule has 0 radical (unpaired) electrons. The van der Waals surface area contributed by atoms with E-state index in [9.17, 15) is 0 Å². The molecule has 0 aliphatic carbocycles. The van der Waals surface area contributed by atoms with Crippen LogP contribution in [0, 0.1) is 5.92 Å². The van der Waals surface area contributed by atoms with Crippen molar-refractivity contribution >= 4 is 0 Å². The lowest BCUT2D eigenvalue weighted by atomic mass is 9.83. The summed E-state index contributed by atoms with van der Waals surface area (Å²) in [6.07, 6.45) is 4.75. The minimum absolute atomic E-state index is 0.218. The van der Waals surface area contributed by atoms with E-state index >= 15 is 0 Å². The largest absolute Gasteiger partial charge is 0.381 e. The monoisotopic (exact) mass is 283 g/mol. The number of ether oxygens (including phenoxy) is 1. The fourth-order valence-electron chi connectivity index (χ4n) is 3.83. The molecule has 0 aromatic rings. The molecule has 20 heavy (non-hydrogen) atoms. The summed E-state index contributed by atoms with van der Waals surface area (Å²) in [5, 5.41) is 0. The Morgan fingerprint density at radius 3 is 2.35 bits per heavy atom. The number of nitrogens with two attached hydrogens (primary N) is 1. The lowest BCUT2D eigenvalue weighted by Crippen LogP contribution is -2.61. The maximum Gasteiger partial charge on any atom is 0.0480 e. The van der Waals surface area contributed by atoms with Crippen molar-refractivity contribution in [3.8, 4) is 0 Å². The molecule has 0 atom stereocenters. The molecule has 118 valence electrons. The lowest BCUT2D eigenvalue weighted by molar-refractivity contribution is -0.0283. The summed E-state index contributed by atoms with van der Waals surface area (Å²) in [5.74, 6) is 0.758. The fraction of sp³-hybridized carbons (Fsp3) is 1.00. The standard InChI is InChI=1S/C16H33N3O/c1-14(2)12-19-8-6-16(13-17,7-9-19)18(3)15-4-10-20-11-5-15/h14-15H,4-13,17H2,1-3H3. The topological polar surface area (TPSA) is 41.7 Å². The molecule has 2 saturated heterocycles. The van der Waals surface area contributed by atoms with Crippen LogP contribution in [0.5, 0.6) is 0 Å². The molecule has 2 aliphatic rings. The maximum absolute atomic E-state index is 6.20. The van der Waals surface area contributed by atoms with Crippen LogP contribution in [0.3, 0.4) is 0 Å². The van der Waals surface area contributed by atoms with Crippen molar-refractivity contribution in [2.75, 3.05) is 46.4 Å². The van der Waals surface area contributed by atoms with Crippen LogP contribution in [0.15, 0.2) is 0 Å². The number of piperidine rings is 1. The second-order valence-electron chi connectivity index (χ2n) is 7.08. The molecule has 0 bridgehead atoms. The Balaban J connectivity index is 1.93. The van der Waals surface area contributed by atoms with Crippen LogP contribution in [0.4, 0.5) is 0 Å². The third kappa shape index (κ3) is 3.73. The van der Waals surface area contributed by atoms with E-state index in [1.54, 1.807) is 0 Å². The second kappa shape index (κ2) is 7.21. The molecule has 2 fully saturated rings. The van der Waals surface area contributed by atoms with Crippen LogP contribution in [0.25, 0.3) is 0 Å². The van der Waals surface area contributed by atoms with Crippen LogP contribution < -0.4 is 5.73 Å². The molecule has 0 spiro atoms. The van der Waals surface area contributed by atoms with Gasteiger partial charge in [0.1, 0.15) is 0 Å². The van der Waals surface area contributed by atoms with Crippen molar-refractivity contribution in [3.63, 3.8) is 0 Å². The van der Waals surface area contributed by atoms with Gasteiger partial charge in [0.15, 0.2) is 0 Å². The van der Waals surface area contributed by atoms with Gasteiger partial charge in [0, 0.05) is 37.9 Å². The molecule has 0 saturated carbocycles. The second-order valence-corrected chi connectivity index (χ2v) is 7.08. The van der Waals surface area contributed by atoms with E-state index in [4.69, 9.17) is 10.5 Å². The quantitative estimate of drug-likeness (QED) is 0.831. The van der Waals surface area contributed by atoms with Gasteiger partial charge in [-0.2, -0.15) is 0 Å². The number of likely N-dealkylation sites (N-methyl/N-ethyl adjacent to an activating group) is 1. The third-order valence-corrected chi connectivity index (χ3v) is 5.28. The number of likely N-dealkylation sites (tertiary alicyclic amines) is 1. The summed E-state index contributed by atoms with van der Waals surface area (Å²) in [5.41, 5.74) is 6.42. The Labute approximate surface area is 124 Å². The van der Waals surface area contributed by atoms with Crippen molar-refractivity contribution in [3.05, 3.63) is 0 Å². The summed E-state index contributed by atoms with van der Waals surface area (Å²) in [6, 6.07) is 0.656. The Kier molecular flexibility index (Phi) is 5.84. The van der Waals surface area contributed by atoms with Crippen molar-refractivity contribution in [2.45, 2.75) is 51.1 Å². The van der Waals surface area contributed by atoms with Gasteiger partial charge in [0.25, 0.3) is 0 Å². The van der Waals surface area contributed by atoms with E-state index in [0.29, 0.717) is 6.04 Å². The predicted molar refractivity (Wildman–Crippen MR) is 83.9 cm³/mol. The van der Waals surface area contributed by atoms with E-state index in [1.807, 2.05) is 0 Å². The average molecular weight is 283 g/mol. The summed E-state index contributed by atoms with van der Waals surface area (Å²) >= 11 is 0. The first kappa shape index (κ1) is 16.2. The zero-order valence-corrected chi connectivity index (χ0v) is 13.6. The maximum atomic E-state index is 6.20. The van der Waals surface area contributed by atoms with Gasteiger partial charge in [0.2, 0.25) is 0 Å². The molecule has 0 aromatic carbocycles. The molecule has 0 unspecified atom stereocenters. The Bertz CT molecular complexity index is 281. The van der Waals surface area contributed by atoms with E-state index in [0.717, 1.165) is 38.5 Å². The predicted octanol–water partition coefficient (Wildman–Crippen LogP) is 1.55. The first-order chi connectivity index (χ1) is 9.57. The third-order valence-electron chi connectivity index (χ3n) is 5.28. The number of rotatable bonds is 5. The number of nitrogens with zero attached hydrogens (tertiary/aromatic N) is 2. The van der Waals surface area contributed by atoms with Crippen LogP contribution in [-0.4, -0.2) is 67.8 Å². The first-order valence-corrected chi connectivity index (χ1v) is 8.30. The summed E-state index contributed by atoms with van der Waals surface area (Å²) < 4.78 is 5.50. The van der Waals surface area contributed by atoms with E-state index < -0.39 is 0 Å². The van der Waals surface area contributed by atoms with E-state index in [1.165, 1.54) is 32.5 Å². The molecule has 4 nitrogen and oxygen atoms in total. The molecule has 0 aromatic heterocycles. The Morgan fingerprint density at radius 1 is 1.25 bits per heavy atom. The molecular formula is C16H33N3O. The molecule has 4 heteroatoms. The summed E-state index contributed by atoms with van der Waals surface area (Å²) in [7, 11) is 2.29. The van der Waals surface area contributed by atoms with Gasteiger partial charge in [-0.1, -0.05) is 13.8 Å². The van der Waals surface area contributed by atoms with Crippen LogP contribution in [0.1, 0.15) is 39.5 Å². The highest BCUT2D eigenvalue weighted by atomic mass is 16.5. The zero-order chi connectivity index (χ0) is 14.6. The number of hydrogen-bond donors (Lipinski definition) is 1. The van der Waals surface area contributed by atoms with Gasteiger partial charge in [0.05, 0.1) is 0 Å². The molecule has 2 heterocycles. The first-order valence-electron chi connectivity index (χ1n) is 8.30. The highest BCUT2D eigenvalue weighted by molar-refractivity contribution is 4.97. The van der Waals surface area contributed by atoms with Crippen molar-refractivity contribution in [1.82, 2.24) is 9.80 Å². The molecule has 0 amide bonds. The molecule has 2 rings (SSSR count). The summed E-state index contributed by atoms with van der Waals surface area (Å²) in [6.45, 7) is 10.8. The van der Waals surface area contributed by atoms with Crippen molar-refractivity contribution in [1.29, 1.82) is 0 Å².